The van der Waals surface area contributed by atoms with E-state index in [-0.39, 0.29) is 17.1 Å². The summed E-state index contributed by atoms with van der Waals surface area (Å²) in [6.45, 7) is 1.03. The maximum atomic E-state index is 13.8. The van der Waals surface area contributed by atoms with Crippen LogP contribution >= 0.6 is 11.3 Å². The lowest BCUT2D eigenvalue weighted by molar-refractivity contribution is 0.309. The van der Waals surface area contributed by atoms with Crippen LogP contribution in [0, 0.1) is 5.82 Å². The highest BCUT2D eigenvalue weighted by Crippen LogP contribution is 2.34. The summed E-state index contributed by atoms with van der Waals surface area (Å²) in [5.41, 5.74) is 1.98. The van der Waals surface area contributed by atoms with Crippen LogP contribution in [0.4, 0.5) is 4.39 Å². The standard InChI is InChI=1S/C19H20FN3O2S/c1-23(9-11-6-7-14(25-2)13(20)8-11)10-16-21-18(24)17-12-4-3-5-15(12)26-19(17)22-16/h6-8H,3-5,9-10H2,1-2H3,(H,21,22,24). The normalized spacial score (nSPS) is 13.5. The number of thiophene rings is 1. The molecule has 0 aliphatic heterocycles. The number of aromatic amines is 1. The Balaban J connectivity index is 1.53. The summed E-state index contributed by atoms with van der Waals surface area (Å²) < 4.78 is 18.8. The van der Waals surface area contributed by atoms with Crippen LogP contribution in [0.15, 0.2) is 23.0 Å². The Hall–Kier alpha value is -2.25. The first-order chi connectivity index (χ1) is 12.5. The van der Waals surface area contributed by atoms with Crippen molar-refractivity contribution in [3.8, 4) is 5.75 Å². The third-order valence-electron chi connectivity index (χ3n) is 4.71. The van der Waals surface area contributed by atoms with Gasteiger partial charge in [0.25, 0.3) is 5.56 Å². The molecule has 1 aliphatic rings. The maximum absolute atomic E-state index is 13.8. The minimum absolute atomic E-state index is 0.0479. The SMILES string of the molecule is COc1ccc(CN(C)Cc2nc3sc4c(c3c(=O)[nH]2)CCC4)cc1F. The summed E-state index contributed by atoms with van der Waals surface area (Å²) in [5, 5.41) is 0.770. The monoisotopic (exact) mass is 373 g/mol. The molecule has 0 unspecified atom stereocenters. The lowest BCUT2D eigenvalue weighted by Gasteiger charge is -2.16. The van der Waals surface area contributed by atoms with Crippen molar-refractivity contribution in [2.24, 2.45) is 0 Å². The fourth-order valence-electron chi connectivity index (χ4n) is 3.55. The number of hydrogen-bond acceptors (Lipinski definition) is 5. The average Bonchev–Trinajstić information content (AvgIpc) is 3.15. The van der Waals surface area contributed by atoms with Crippen molar-refractivity contribution in [3.05, 3.63) is 56.2 Å². The fraction of sp³-hybridized carbons (Fsp3) is 0.368. The molecule has 0 atom stereocenters. The summed E-state index contributed by atoms with van der Waals surface area (Å²) in [7, 11) is 3.36. The molecule has 2 heterocycles. The van der Waals surface area contributed by atoms with Crippen molar-refractivity contribution in [1.82, 2.24) is 14.9 Å². The number of aryl methyl sites for hydroxylation is 2. The number of hydrogen-bond donors (Lipinski definition) is 1. The Kier molecular flexibility index (Phi) is 4.50. The van der Waals surface area contributed by atoms with Crippen LogP contribution in [-0.2, 0) is 25.9 Å². The Morgan fingerprint density at radius 1 is 1.35 bits per heavy atom. The summed E-state index contributed by atoms with van der Waals surface area (Å²) in [5.74, 6) is 0.497. The van der Waals surface area contributed by atoms with Gasteiger partial charge in [0, 0.05) is 11.4 Å². The second kappa shape index (κ2) is 6.81. The van der Waals surface area contributed by atoms with Crippen LogP contribution < -0.4 is 10.3 Å². The topological polar surface area (TPSA) is 58.2 Å². The van der Waals surface area contributed by atoms with Gasteiger partial charge in [-0.05, 0) is 49.6 Å². The van der Waals surface area contributed by atoms with E-state index in [2.05, 4.69) is 9.97 Å². The van der Waals surface area contributed by atoms with Crippen LogP contribution in [0.1, 0.15) is 28.2 Å². The van der Waals surface area contributed by atoms with Crippen molar-refractivity contribution in [2.45, 2.75) is 32.4 Å². The first kappa shape index (κ1) is 17.2. The molecule has 0 saturated carbocycles. The Morgan fingerprint density at radius 2 is 2.19 bits per heavy atom. The number of ether oxygens (including phenoxy) is 1. The molecule has 0 radical (unpaired) electrons. The summed E-state index contributed by atoms with van der Waals surface area (Å²) >= 11 is 1.64. The highest BCUT2D eigenvalue weighted by Gasteiger charge is 2.21. The second-order valence-electron chi connectivity index (χ2n) is 6.69. The van der Waals surface area contributed by atoms with E-state index in [4.69, 9.17) is 4.74 Å². The van der Waals surface area contributed by atoms with Crippen LogP contribution in [0.2, 0.25) is 0 Å². The van der Waals surface area contributed by atoms with Gasteiger partial charge >= 0.3 is 0 Å². The molecule has 3 aromatic rings. The van der Waals surface area contributed by atoms with Crippen molar-refractivity contribution in [1.29, 1.82) is 0 Å². The van der Waals surface area contributed by atoms with Gasteiger partial charge in [0.15, 0.2) is 11.6 Å². The van der Waals surface area contributed by atoms with E-state index in [1.165, 1.54) is 23.6 Å². The van der Waals surface area contributed by atoms with Gasteiger partial charge in [-0.25, -0.2) is 9.37 Å². The van der Waals surface area contributed by atoms with Gasteiger partial charge in [0.05, 0.1) is 19.0 Å². The average molecular weight is 373 g/mol. The van der Waals surface area contributed by atoms with Gasteiger partial charge in [-0.1, -0.05) is 6.07 Å². The molecular formula is C19H20FN3O2S. The van der Waals surface area contributed by atoms with Crippen molar-refractivity contribution in [3.63, 3.8) is 0 Å². The number of benzene rings is 1. The number of methoxy groups -OCH3 is 1. The van der Waals surface area contributed by atoms with Gasteiger partial charge in [0.2, 0.25) is 0 Å². The van der Waals surface area contributed by atoms with E-state index in [1.807, 2.05) is 18.0 Å². The molecule has 0 saturated heterocycles. The van der Waals surface area contributed by atoms with Crippen molar-refractivity contribution in [2.75, 3.05) is 14.2 Å². The molecule has 1 aliphatic carbocycles. The number of nitrogens with zero attached hydrogens (tertiary/aromatic N) is 2. The highest BCUT2D eigenvalue weighted by molar-refractivity contribution is 7.18. The molecule has 1 aromatic carbocycles. The van der Waals surface area contributed by atoms with Crippen LogP contribution in [0.3, 0.4) is 0 Å². The number of fused-ring (bicyclic) bond motifs is 3. The van der Waals surface area contributed by atoms with Crippen LogP contribution in [0.25, 0.3) is 10.2 Å². The van der Waals surface area contributed by atoms with E-state index in [1.54, 1.807) is 17.4 Å². The Bertz CT molecular complexity index is 1030. The first-order valence-corrected chi connectivity index (χ1v) is 9.41. The van der Waals surface area contributed by atoms with Gasteiger partial charge in [-0.2, -0.15) is 0 Å². The molecule has 4 rings (SSSR count). The molecule has 0 spiro atoms. The molecule has 26 heavy (non-hydrogen) atoms. The zero-order valence-corrected chi connectivity index (χ0v) is 15.6. The Morgan fingerprint density at radius 3 is 2.96 bits per heavy atom. The number of nitrogens with one attached hydrogen (secondary N) is 1. The first-order valence-electron chi connectivity index (χ1n) is 8.59. The maximum Gasteiger partial charge on any atom is 0.259 e. The summed E-state index contributed by atoms with van der Waals surface area (Å²) in [6.07, 6.45) is 3.15. The number of aromatic nitrogens is 2. The van der Waals surface area contributed by atoms with E-state index in [0.717, 1.165) is 35.0 Å². The van der Waals surface area contributed by atoms with Crippen molar-refractivity contribution < 1.29 is 9.13 Å². The Labute approximate surface area is 154 Å². The summed E-state index contributed by atoms with van der Waals surface area (Å²) in [6, 6.07) is 4.93. The zero-order chi connectivity index (χ0) is 18.3. The molecule has 2 aromatic heterocycles. The van der Waals surface area contributed by atoms with E-state index >= 15 is 0 Å². The lowest BCUT2D eigenvalue weighted by Crippen LogP contribution is -2.21. The number of rotatable bonds is 5. The lowest BCUT2D eigenvalue weighted by atomic mass is 10.2. The molecule has 0 bridgehead atoms. The largest absolute Gasteiger partial charge is 0.494 e. The summed E-state index contributed by atoms with van der Waals surface area (Å²) in [4.78, 5) is 24.2. The minimum Gasteiger partial charge on any atom is -0.494 e. The van der Waals surface area contributed by atoms with E-state index < -0.39 is 0 Å². The highest BCUT2D eigenvalue weighted by atomic mass is 32.1. The molecule has 0 fully saturated rings. The zero-order valence-electron chi connectivity index (χ0n) is 14.8. The minimum atomic E-state index is -0.376. The molecular weight excluding hydrogens is 353 g/mol. The third kappa shape index (κ3) is 3.12. The fourth-order valence-corrected chi connectivity index (χ4v) is 4.83. The molecule has 1 N–H and O–H groups in total. The molecule has 136 valence electrons. The molecule has 7 heteroatoms. The van der Waals surface area contributed by atoms with Crippen LogP contribution in [0.5, 0.6) is 5.75 Å². The van der Waals surface area contributed by atoms with Gasteiger partial charge < -0.3 is 9.72 Å². The van der Waals surface area contributed by atoms with Gasteiger partial charge in [0.1, 0.15) is 10.7 Å². The second-order valence-corrected chi connectivity index (χ2v) is 7.77. The predicted molar refractivity (Wildman–Crippen MR) is 100 cm³/mol. The smallest absolute Gasteiger partial charge is 0.259 e. The number of H-pyrrole nitrogens is 1. The van der Waals surface area contributed by atoms with E-state index in [0.29, 0.717) is 18.9 Å². The quantitative estimate of drug-likeness (QED) is 0.746. The van der Waals surface area contributed by atoms with E-state index in [9.17, 15) is 9.18 Å². The van der Waals surface area contributed by atoms with Gasteiger partial charge in [-0.3, -0.25) is 9.69 Å². The predicted octanol–water partition coefficient (Wildman–Crippen LogP) is 3.25. The molecule has 5 nitrogen and oxygen atoms in total. The van der Waals surface area contributed by atoms with Gasteiger partial charge in [-0.15, -0.1) is 11.3 Å². The third-order valence-corrected chi connectivity index (χ3v) is 5.90. The molecule has 0 amide bonds. The van der Waals surface area contributed by atoms with Crippen molar-refractivity contribution >= 4 is 21.6 Å². The van der Waals surface area contributed by atoms with Crippen LogP contribution in [-0.4, -0.2) is 29.0 Å². The number of halogens is 1.